The van der Waals surface area contributed by atoms with Crippen LogP contribution in [0.15, 0.2) is 60.2 Å². The number of H-pyrrole nitrogens is 1. The standard InChI is InChI=1S/C38H44N4O/c1-3-21-15-26-33(31-16-25-23-9-5-7-11-29(23)39-34(25)35(26)41(31)18-21)37-42-30-12-8-6-10-28(30)38-13-14-40-19-22(4-2)24(17-32(38)40)27(20-43-37)36(38)42/h3,5-12,22,24,26-27,31-33,35-37,39H,4,13-20H2,1-2H3/b21-3+/t22-,24+,26+,27+,31+,32+,33-,35+,36+,37+,38-/m1/s1. The second-order valence-electron chi connectivity index (χ2n) is 15.5. The molecule has 6 bridgehead atoms. The van der Waals surface area contributed by atoms with Crippen LogP contribution >= 0.6 is 0 Å². The Labute approximate surface area is 255 Å². The number of aromatic nitrogens is 1. The number of anilines is 1. The van der Waals surface area contributed by atoms with Gasteiger partial charge in [0.2, 0.25) is 0 Å². The molecule has 1 aliphatic carbocycles. The SMILES string of the molecule is C/C=C1\C[C@H]2[C@@H]([C@@H]3OC[C@H]4[C@H]5C[C@@H]6N(CC[C@@]67c6ccccc6N3[C@@H]47)C[C@H]5CC)[C@@H]3Cc4c([nH]c5ccccc45)[C@H]2N3C1. The van der Waals surface area contributed by atoms with Crippen LogP contribution in [0.2, 0.25) is 0 Å². The number of ether oxygens (including phenoxy) is 1. The molecular formula is C38H44N4O. The maximum atomic E-state index is 7.41. The lowest BCUT2D eigenvalue weighted by Gasteiger charge is -2.61. The quantitative estimate of drug-likeness (QED) is 0.368. The Balaban J connectivity index is 1.07. The molecule has 6 fully saturated rings. The number of piperidine rings is 2. The normalized spacial score (nSPS) is 45.9. The van der Waals surface area contributed by atoms with E-state index in [1.165, 1.54) is 61.1 Å². The molecule has 1 spiro atoms. The maximum Gasteiger partial charge on any atom is 0.135 e. The molecule has 12 atom stereocenters. The molecule has 7 aliphatic heterocycles. The number of fused-ring (bicyclic) bond motifs is 7. The van der Waals surface area contributed by atoms with Crippen LogP contribution in [0, 0.1) is 29.6 Å². The molecule has 8 aliphatic rings. The van der Waals surface area contributed by atoms with Crippen LogP contribution in [0.3, 0.4) is 0 Å². The first-order valence-corrected chi connectivity index (χ1v) is 17.4. The molecule has 5 nitrogen and oxygen atoms in total. The third kappa shape index (κ3) is 2.80. The molecule has 5 saturated heterocycles. The van der Waals surface area contributed by atoms with Crippen molar-refractivity contribution < 1.29 is 4.74 Å². The topological polar surface area (TPSA) is 34.7 Å². The molecule has 43 heavy (non-hydrogen) atoms. The van der Waals surface area contributed by atoms with Crippen LogP contribution in [-0.2, 0) is 16.6 Å². The number of hydrogen-bond donors (Lipinski definition) is 1. The van der Waals surface area contributed by atoms with Crippen molar-refractivity contribution in [3.8, 4) is 0 Å². The summed E-state index contributed by atoms with van der Waals surface area (Å²) in [5, 5.41) is 1.45. The predicted octanol–water partition coefficient (Wildman–Crippen LogP) is 6.26. The summed E-state index contributed by atoms with van der Waals surface area (Å²) in [4.78, 5) is 12.7. The van der Waals surface area contributed by atoms with Gasteiger partial charge in [-0.25, -0.2) is 0 Å². The van der Waals surface area contributed by atoms with Crippen LogP contribution < -0.4 is 4.90 Å². The average Bonchev–Trinajstić information content (AvgIpc) is 3.74. The molecule has 3 aromatic rings. The number of nitrogens with one attached hydrogen (secondary N) is 1. The van der Waals surface area contributed by atoms with Crippen molar-refractivity contribution in [2.75, 3.05) is 31.1 Å². The Morgan fingerprint density at radius 1 is 1.05 bits per heavy atom. The van der Waals surface area contributed by atoms with Crippen molar-refractivity contribution in [1.29, 1.82) is 0 Å². The van der Waals surface area contributed by atoms with Crippen LogP contribution in [0.25, 0.3) is 10.9 Å². The molecule has 2 aromatic carbocycles. The molecule has 5 heteroatoms. The Kier molecular flexibility index (Phi) is 4.80. The highest BCUT2D eigenvalue weighted by Crippen LogP contribution is 2.67. The summed E-state index contributed by atoms with van der Waals surface area (Å²) in [6.07, 6.45) is 8.94. The van der Waals surface area contributed by atoms with Gasteiger partial charge in [0.1, 0.15) is 6.23 Å². The van der Waals surface area contributed by atoms with Gasteiger partial charge < -0.3 is 14.6 Å². The Morgan fingerprint density at radius 3 is 2.84 bits per heavy atom. The van der Waals surface area contributed by atoms with Gasteiger partial charge in [0.05, 0.1) is 12.6 Å². The van der Waals surface area contributed by atoms with Gasteiger partial charge >= 0.3 is 0 Å². The van der Waals surface area contributed by atoms with Crippen molar-refractivity contribution >= 4 is 16.6 Å². The number of aromatic amines is 1. The zero-order chi connectivity index (χ0) is 28.2. The van der Waals surface area contributed by atoms with Gasteiger partial charge in [-0.05, 0) is 80.2 Å². The minimum Gasteiger partial charge on any atom is -0.358 e. The summed E-state index contributed by atoms with van der Waals surface area (Å²) in [5.41, 5.74) is 9.51. The van der Waals surface area contributed by atoms with E-state index in [0.717, 1.165) is 31.4 Å². The predicted molar refractivity (Wildman–Crippen MR) is 170 cm³/mol. The molecule has 0 amide bonds. The lowest BCUT2D eigenvalue weighted by Crippen LogP contribution is -2.70. The van der Waals surface area contributed by atoms with Gasteiger partial charge in [-0.2, -0.15) is 0 Å². The number of allylic oxidation sites excluding steroid dienone is 1. The van der Waals surface area contributed by atoms with Gasteiger partial charge in [-0.15, -0.1) is 0 Å². The molecule has 1 unspecified atom stereocenters. The molecule has 1 N–H and O–H groups in total. The summed E-state index contributed by atoms with van der Waals surface area (Å²) in [6.45, 7) is 9.37. The van der Waals surface area contributed by atoms with E-state index in [9.17, 15) is 0 Å². The van der Waals surface area contributed by atoms with E-state index in [4.69, 9.17) is 4.74 Å². The number of rotatable bonds is 2. The van der Waals surface area contributed by atoms with Gasteiger partial charge in [0.25, 0.3) is 0 Å². The van der Waals surface area contributed by atoms with E-state index in [0.29, 0.717) is 41.9 Å². The zero-order valence-electron chi connectivity index (χ0n) is 25.6. The van der Waals surface area contributed by atoms with Crippen LogP contribution in [-0.4, -0.2) is 65.4 Å². The van der Waals surface area contributed by atoms with Gasteiger partial charge in [0, 0.05) is 70.8 Å². The van der Waals surface area contributed by atoms with E-state index in [-0.39, 0.29) is 11.6 Å². The second-order valence-corrected chi connectivity index (χ2v) is 15.5. The minimum atomic E-state index is 0.156. The smallest absolute Gasteiger partial charge is 0.135 e. The molecule has 222 valence electrons. The number of hydrogen-bond acceptors (Lipinski definition) is 4. The second kappa shape index (κ2) is 8.35. The summed E-state index contributed by atoms with van der Waals surface area (Å²) in [6, 6.07) is 21.0. The summed E-state index contributed by atoms with van der Waals surface area (Å²) in [5.74, 6) is 3.35. The largest absolute Gasteiger partial charge is 0.358 e. The summed E-state index contributed by atoms with van der Waals surface area (Å²) >= 11 is 0. The van der Waals surface area contributed by atoms with Crippen molar-refractivity contribution in [3.63, 3.8) is 0 Å². The number of nitrogens with zero attached hydrogens (tertiary/aromatic N) is 3. The van der Waals surface area contributed by atoms with Gasteiger partial charge in [-0.3, -0.25) is 9.80 Å². The Hall–Kier alpha value is -2.60. The van der Waals surface area contributed by atoms with Crippen LogP contribution in [0.4, 0.5) is 5.69 Å². The van der Waals surface area contributed by atoms with Gasteiger partial charge in [-0.1, -0.05) is 61.4 Å². The molecule has 1 aromatic heterocycles. The lowest BCUT2D eigenvalue weighted by atomic mass is 9.54. The lowest BCUT2D eigenvalue weighted by molar-refractivity contribution is -0.127. The highest BCUT2D eigenvalue weighted by molar-refractivity contribution is 5.85. The van der Waals surface area contributed by atoms with Crippen molar-refractivity contribution in [3.05, 3.63) is 77.0 Å². The highest BCUT2D eigenvalue weighted by atomic mass is 16.5. The summed E-state index contributed by atoms with van der Waals surface area (Å²) < 4.78 is 7.41. The molecule has 1 saturated carbocycles. The third-order valence-corrected chi connectivity index (χ3v) is 14.4. The first-order chi connectivity index (χ1) is 21.2. The Morgan fingerprint density at radius 2 is 1.93 bits per heavy atom. The fourth-order valence-electron chi connectivity index (χ4n) is 13.0. The monoisotopic (exact) mass is 572 g/mol. The van der Waals surface area contributed by atoms with E-state index in [1.54, 1.807) is 16.7 Å². The number of benzene rings is 2. The fraction of sp³-hybridized carbons (Fsp3) is 0.579. The van der Waals surface area contributed by atoms with Crippen molar-refractivity contribution in [2.24, 2.45) is 29.6 Å². The highest BCUT2D eigenvalue weighted by Gasteiger charge is 2.71. The van der Waals surface area contributed by atoms with E-state index in [1.807, 2.05) is 0 Å². The fourth-order valence-corrected chi connectivity index (χ4v) is 13.0. The molecule has 8 heterocycles. The van der Waals surface area contributed by atoms with E-state index < -0.39 is 0 Å². The van der Waals surface area contributed by atoms with E-state index in [2.05, 4.69) is 88.1 Å². The Bertz CT molecular complexity index is 1690. The maximum absolute atomic E-state index is 7.41. The van der Waals surface area contributed by atoms with Crippen molar-refractivity contribution in [1.82, 2.24) is 14.8 Å². The van der Waals surface area contributed by atoms with Crippen LogP contribution in [0.1, 0.15) is 62.4 Å². The zero-order valence-corrected chi connectivity index (χ0v) is 25.6. The van der Waals surface area contributed by atoms with Crippen LogP contribution in [0.5, 0.6) is 0 Å². The molecule has 0 radical (unpaired) electrons. The number of para-hydroxylation sites is 2. The van der Waals surface area contributed by atoms with Gasteiger partial charge in [0.15, 0.2) is 0 Å². The average molecular weight is 573 g/mol. The first kappa shape index (κ1) is 24.7. The minimum absolute atomic E-state index is 0.156. The molecule has 11 rings (SSSR count). The first-order valence-electron chi connectivity index (χ1n) is 17.4. The molecular weight excluding hydrogens is 528 g/mol. The van der Waals surface area contributed by atoms with Crippen molar-refractivity contribution in [2.45, 2.75) is 81.8 Å². The third-order valence-electron chi connectivity index (χ3n) is 14.4. The summed E-state index contributed by atoms with van der Waals surface area (Å²) in [7, 11) is 0. The van der Waals surface area contributed by atoms with E-state index >= 15 is 0 Å².